The topological polar surface area (TPSA) is 50.2 Å². The Morgan fingerprint density at radius 2 is 1.53 bits per heavy atom. The Hall–Kier alpha value is -3.50. The van der Waals surface area contributed by atoms with Gasteiger partial charge >= 0.3 is 12.4 Å². The van der Waals surface area contributed by atoms with Gasteiger partial charge in [-0.2, -0.15) is 31.4 Å². The van der Waals surface area contributed by atoms with Gasteiger partial charge in [0.25, 0.3) is 5.91 Å². The van der Waals surface area contributed by atoms with Gasteiger partial charge in [-0.3, -0.25) is 4.79 Å². The highest BCUT2D eigenvalue weighted by Crippen LogP contribution is 2.36. The van der Waals surface area contributed by atoms with E-state index in [2.05, 4.69) is 15.3 Å². The minimum atomic E-state index is -5.05. The van der Waals surface area contributed by atoms with E-state index in [4.69, 9.17) is 0 Å². The summed E-state index contributed by atoms with van der Waals surface area (Å²) < 4.78 is 81.1. The van der Waals surface area contributed by atoms with E-state index in [1.54, 1.807) is 18.2 Å². The number of amides is 1. The van der Waals surface area contributed by atoms with Crippen molar-refractivity contribution in [3.63, 3.8) is 0 Å². The average molecular weight is 482 g/mol. The normalized spacial score (nSPS) is 14.8. The number of rotatable bonds is 4. The molecule has 0 aliphatic carbocycles. The summed E-state index contributed by atoms with van der Waals surface area (Å²) in [4.78, 5) is 14.9. The Bertz CT molecular complexity index is 1180. The van der Waals surface area contributed by atoms with Gasteiger partial charge < -0.3 is 10.2 Å². The molecule has 1 fully saturated rings. The summed E-state index contributed by atoms with van der Waals surface area (Å²) in [5.74, 6) is -1.07. The molecule has 3 aromatic rings. The number of nitrogens with one attached hydrogen (secondary N) is 1. The van der Waals surface area contributed by atoms with Gasteiger partial charge in [0.05, 0.1) is 23.0 Å². The van der Waals surface area contributed by atoms with Crippen molar-refractivity contribution in [1.82, 2.24) is 9.78 Å². The average Bonchev–Trinajstić information content (AvgIpc) is 3.26. The zero-order valence-electron chi connectivity index (χ0n) is 17.7. The van der Waals surface area contributed by atoms with Crippen LogP contribution < -0.4 is 10.2 Å². The van der Waals surface area contributed by atoms with Crippen molar-refractivity contribution in [2.45, 2.75) is 31.6 Å². The molecule has 1 aliphatic heterocycles. The summed E-state index contributed by atoms with van der Waals surface area (Å²) in [6.07, 6.45) is -5.91. The summed E-state index contributed by atoms with van der Waals surface area (Å²) in [5.41, 5.74) is -2.71. The molecule has 1 aromatic heterocycles. The fraction of sp³-hybridized carbons (Fsp3) is 0.304. The van der Waals surface area contributed by atoms with Crippen molar-refractivity contribution in [3.8, 4) is 5.69 Å². The highest BCUT2D eigenvalue weighted by Gasteiger charge is 2.41. The third kappa shape index (κ3) is 5.02. The fourth-order valence-electron chi connectivity index (χ4n) is 3.93. The quantitative estimate of drug-likeness (QED) is 0.454. The van der Waals surface area contributed by atoms with Crippen molar-refractivity contribution in [3.05, 3.63) is 71.5 Å². The van der Waals surface area contributed by atoms with Crippen LogP contribution in [0.3, 0.4) is 0 Å². The maximum absolute atomic E-state index is 13.9. The second-order valence-electron chi connectivity index (χ2n) is 7.92. The minimum Gasteiger partial charge on any atom is -0.371 e. The maximum Gasteiger partial charge on any atom is 0.434 e. The minimum absolute atomic E-state index is 0.299. The number of alkyl halides is 6. The van der Waals surface area contributed by atoms with Crippen LogP contribution in [0.5, 0.6) is 0 Å². The lowest BCUT2D eigenvalue weighted by Gasteiger charge is -2.29. The van der Waals surface area contributed by atoms with Crippen molar-refractivity contribution in [2.75, 3.05) is 23.3 Å². The number of hydrogen-bond acceptors (Lipinski definition) is 3. The molecule has 34 heavy (non-hydrogen) atoms. The van der Waals surface area contributed by atoms with E-state index in [9.17, 15) is 31.1 Å². The molecule has 0 radical (unpaired) electrons. The Labute approximate surface area is 191 Å². The second-order valence-corrected chi connectivity index (χ2v) is 7.92. The number of anilines is 2. The zero-order valence-corrected chi connectivity index (χ0v) is 17.7. The van der Waals surface area contributed by atoms with E-state index < -0.39 is 40.8 Å². The molecule has 5 nitrogen and oxygen atoms in total. The van der Waals surface area contributed by atoms with Gasteiger partial charge in [-0.25, -0.2) is 4.68 Å². The third-order valence-electron chi connectivity index (χ3n) is 5.53. The summed E-state index contributed by atoms with van der Waals surface area (Å²) in [6, 6.07) is 10.1. The van der Waals surface area contributed by atoms with Crippen LogP contribution in [0.1, 0.15) is 40.9 Å². The Balaban J connectivity index is 1.65. The Kier molecular flexibility index (Phi) is 6.28. The Morgan fingerprint density at radius 3 is 2.21 bits per heavy atom. The third-order valence-corrected chi connectivity index (χ3v) is 5.53. The van der Waals surface area contributed by atoms with Gasteiger partial charge in [0.15, 0.2) is 5.69 Å². The first-order valence-electron chi connectivity index (χ1n) is 10.5. The Morgan fingerprint density at radius 1 is 0.853 bits per heavy atom. The van der Waals surface area contributed by atoms with Crippen molar-refractivity contribution >= 4 is 17.3 Å². The highest BCUT2D eigenvalue weighted by atomic mass is 19.4. The van der Waals surface area contributed by atoms with Crippen LogP contribution in [-0.4, -0.2) is 28.8 Å². The summed E-state index contributed by atoms with van der Waals surface area (Å²) in [5, 5.41) is 6.04. The van der Waals surface area contributed by atoms with Crippen molar-refractivity contribution in [2.24, 2.45) is 0 Å². The van der Waals surface area contributed by atoms with Crippen LogP contribution in [-0.2, 0) is 12.4 Å². The number of carbonyl (C=O) groups excluding carboxylic acids is 1. The van der Waals surface area contributed by atoms with E-state index >= 15 is 0 Å². The molecule has 4 rings (SSSR count). The predicted octanol–water partition coefficient (Wildman–Crippen LogP) is 6.15. The number of aromatic nitrogens is 2. The molecule has 0 bridgehead atoms. The first-order chi connectivity index (χ1) is 16.0. The summed E-state index contributed by atoms with van der Waals surface area (Å²) in [7, 11) is 0. The molecule has 0 atom stereocenters. The van der Waals surface area contributed by atoms with Crippen molar-refractivity contribution in [1.29, 1.82) is 0 Å². The summed E-state index contributed by atoms with van der Waals surface area (Å²) >= 11 is 0. The molecule has 1 amide bonds. The van der Waals surface area contributed by atoms with Crippen LogP contribution >= 0.6 is 0 Å². The first kappa shape index (κ1) is 23.7. The maximum atomic E-state index is 13.9. The van der Waals surface area contributed by atoms with Gasteiger partial charge in [-0.1, -0.05) is 12.1 Å². The van der Waals surface area contributed by atoms with Gasteiger partial charge in [0, 0.05) is 24.5 Å². The lowest BCUT2D eigenvalue weighted by molar-refractivity contribution is -0.143. The lowest BCUT2D eigenvalue weighted by atomic mass is 10.1. The largest absolute Gasteiger partial charge is 0.434 e. The molecular formula is C23H20F6N4O. The smallest absolute Gasteiger partial charge is 0.371 e. The standard InChI is InChI=1S/C23H20F6N4O/c24-22(25,26)15-6-4-9-18(12-15)33-20(23(27,28)29)19(14-30-33)21(34)31-16-7-5-8-17(13-16)32-10-2-1-3-11-32/h4-9,12-14H,1-3,10-11H2,(H,31,34). The van der Waals surface area contributed by atoms with Crippen LogP contribution in [0.4, 0.5) is 37.7 Å². The van der Waals surface area contributed by atoms with E-state index in [-0.39, 0.29) is 0 Å². The lowest BCUT2D eigenvalue weighted by Crippen LogP contribution is -2.29. The molecule has 0 saturated carbocycles. The molecule has 0 spiro atoms. The fourth-order valence-corrected chi connectivity index (χ4v) is 3.93. The predicted molar refractivity (Wildman–Crippen MR) is 114 cm³/mol. The number of halogens is 6. The van der Waals surface area contributed by atoms with Crippen LogP contribution in [0.2, 0.25) is 0 Å². The molecule has 1 aliphatic rings. The number of carbonyl (C=O) groups is 1. The van der Waals surface area contributed by atoms with Crippen LogP contribution in [0, 0.1) is 0 Å². The monoisotopic (exact) mass is 482 g/mol. The SMILES string of the molecule is O=C(Nc1cccc(N2CCCCC2)c1)c1cnn(-c2cccc(C(F)(F)F)c2)c1C(F)(F)F. The number of nitrogens with zero attached hydrogens (tertiary/aromatic N) is 3. The van der Waals surface area contributed by atoms with Gasteiger partial charge in [-0.15, -0.1) is 0 Å². The number of hydrogen-bond donors (Lipinski definition) is 1. The molecule has 0 unspecified atom stereocenters. The van der Waals surface area contributed by atoms with E-state index in [1.165, 1.54) is 0 Å². The van der Waals surface area contributed by atoms with Gasteiger partial charge in [0.2, 0.25) is 0 Å². The zero-order chi connectivity index (χ0) is 24.5. The van der Waals surface area contributed by atoms with E-state index in [0.29, 0.717) is 22.6 Å². The van der Waals surface area contributed by atoms with E-state index in [0.717, 1.165) is 56.2 Å². The molecule has 11 heteroatoms. The van der Waals surface area contributed by atoms with Gasteiger partial charge in [-0.05, 0) is 55.7 Å². The molecule has 2 heterocycles. The van der Waals surface area contributed by atoms with E-state index in [1.807, 2.05) is 6.07 Å². The molecular weight excluding hydrogens is 462 g/mol. The van der Waals surface area contributed by atoms with Crippen LogP contribution in [0.25, 0.3) is 5.69 Å². The first-order valence-corrected chi connectivity index (χ1v) is 10.5. The molecule has 1 saturated heterocycles. The number of piperidine rings is 1. The molecule has 180 valence electrons. The van der Waals surface area contributed by atoms with Crippen molar-refractivity contribution < 1.29 is 31.1 Å². The van der Waals surface area contributed by atoms with Gasteiger partial charge in [0.1, 0.15) is 0 Å². The molecule has 1 N–H and O–H groups in total. The summed E-state index contributed by atoms with van der Waals surface area (Å²) in [6.45, 7) is 1.69. The number of benzene rings is 2. The second kappa shape index (κ2) is 9.03. The van der Waals surface area contributed by atoms with Crippen LogP contribution in [0.15, 0.2) is 54.7 Å². The highest BCUT2D eigenvalue weighted by molar-refractivity contribution is 6.05. The molecule has 2 aromatic carbocycles.